The maximum absolute atomic E-state index is 13.5. The van der Waals surface area contributed by atoms with E-state index in [9.17, 15) is 9.90 Å². The fraction of sp³-hybridized carbons (Fsp3) is 0.0476. The number of Topliss-reactive ketones (excluding diaryl/α,β-unsaturated/α-hetero) is 1. The molecule has 1 N–H and O–H groups in total. The zero-order chi connectivity index (χ0) is 31.6. The van der Waals surface area contributed by atoms with Gasteiger partial charge in [-0.1, -0.05) is 91.0 Å². The lowest BCUT2D eigenvalue weighted by molar-refractivity contribution is -0.113. The molecule has 1 aliphatic carbocycles. The third kappa shape index (κ3) is 5.64. The standard InChI is InChI=1S/C42H30O4/c1-27-13-9-11-19-33(27)39-25-29(23-37(45-39)31-15-5-3-6-16-31)21-35-41(43)36(42(35)44)22-30-24-38(32-17-7-4-8-18-32)46-40(26-30)34-20-12-10-14-28(34)2/h3-26H,1-2H3/p+1. The number of carbonyl (C=O) groups is 1. The minimum absolute atomic E-state index is 0.0380. The summed E-state index contributed by atoms with van der Waals surface area (Å²) in [6.45, 7) is 4.07. The van der Waals surface area contributed by atoms with Crippen LogP contribution in [0.4, 0.5) is 0 Å². The van der Waals surface area contributed by atoms with E-state index in [4.69, 9.17) is 9.15 Å². The lowest BCUT2D eigenvalue weighted by Gasteiger charge is -2.22. The van der Waals surface area contributed by atoms with Crippen LogP contribution < -0.4 is 0 Å². The monoisotopic (exact) mass is 599 g/mol. The van der Waals surface area contributed by atoms with Crippen molar-refractivity contribution < 1.29 is 19.1 Å². The highest BCUT2D eigenvalue weighted by Crippen LogP contribution is 2.38. The topological polar surface area (TPSA) is 57.8 Å². The van der Waals surface area contributed by atoms with Gasteiger partial charge in [0.2, 0.25) is 5.78 Å². The fourth-order valence-electron chi connectivity index (χ4n) is 5.71. The molecule has 1 aromatic heterocycles. The van der Waals surface area contributed by atoms with Gasteiger partial charge in [0.25, 0.3) is 0 Å². The van der Waals surface area contributed by atoms with E-state index in [1.54, 1.807) is 12.2 Å². The van der Waals surface area contributed by atoms with Gasteiger partial charge >= 0.3 is 11.5 Å². The lowest BCUT2D eigenvalue weighted by Crippen LogP contribution is -2.21. The molecule has 4 heteroatoms. The van der Waals surface area contributed by atoms with Gasteiger partial charge in [-0.15, -0.1) is 0 Å². The molecule has 2 aliphatic rings. The van der Waals surface area contributed by atoms with Gasteiger partial charge in [0, 0.05) is 11.1 Å². The molecule has 222 valence electrons. The predicted octanol–water partition coefficient (Wildman–Crippen LogP) is 10.3. The third-order valence-electron chi connectivity index (χ3n) is 8.19. The number of hydrogen-bond acceptors (Lipinski definition) is 3. The molecule has 0 atom stereocenters. The number of benzene rings is 4. The van der Waals surface area contributed by atoms with Gasteiger partial charge in [-0.25, -0.2) is 4.42 Å². The Morgan fingerprint density at radius 2 is 1.20 bits per heavy atom. The van der Waals surface area contributed by atoms with Crippen molar-refractivity contribution in [1.29, 1.82) is 0 Å². The van der Waals surface area contributed by atoms with Crippen molar-refractivity contribution in [1.82, 2.24) is 0 Å². The number of allylic oxidation sites excluding steroid dienone is 6. The van der Waals surface area contributed by atoms with E-state index in [1.807, 2.05) is 147 Å². The second kappa shape index (κ2) is 12.2. The van der Waals surface area contributed by atoms with Crippen molar-refractivity contribution >= 4 is 23.4 Å². The van der Waals surface area contributed by atoms with Crippen LogP contribution in [0, 0.1) is 13.8 Å². The molecule has 4 aromatic carbocycles. The molecule has 0 amide bonds. The van der Waals surface area contributed by atoms with Crippen LogP contribution in [-0.4, -0.2) is 10.9 Å². The Labute approximate surface area is 268 Å². The Hall–Kier alpha value is -6.00. The van der Waals surface area contributed by atoms with Crippen LogP contribution in [0.1, 0.15) is 27.8 Å². The maximum atomic E-state index is 13.5. The van der Waals surface area contributed by atoms with Gasteiger partial charge in [-0.3, -0.25) is 4.79 Å². The van der Waals surface area contributed by atoms with E-state index in [-0.39, 0.29) is 22.7 Å². The molecule has 0 spiro atoms. The molecular weight excluding hydrogens is 568 g/mol. The van der Waals surface area contributed by atoms with Crippen LogP contribution in [0.15, 0.2) is 166 Å². The van der Waals surface area contributed by atoms with Gasteiger partial charge in [0.15, 0.2) is 0 Å². The van der Waals surface area contributed by atoms with Crippen LogP contribution in [-0.2, 0) is 9.53 Å². The number of aliphatic hydroxyl groups is 1. The summed E-state index contributed by atoms with van der Waals surface area (Å²) < 4.78 is 12.7. The van der Waals surface area contributed by atoms with Crippen molar-refractivity contribution in [3.63, 3.8) is 0 Å². The first kappa shape index (κ1) is 28.8. The maximum Gasteiger partial charge on any atom is 0.361 e. The lowest BCUT2D eigenvalue weighted by atomic mass is 9.85. The number of carbonyl (C=O) groups excluding carboxylic acids is 1. The number of ether oxygens (including phenoxy) is 1. The minimum atomic E-state index is -0.225. The van der Waals surface area contributed by atoms with E-state index in [0.29, 0.717) is 23.0 Å². The first-order valence-corrected chi connectivity index (χ1v) is 15.2. The fourth-order valence-corrected chi connectivity index (χ4v) is 5.71. The third-order valence-corrected chi connectivity index (χ3v) is 8.19. The number of ketones is 1. The molecule has 0 unspecified atom stereocenters. The summed E-state index contributed by atoms with van der Waals surface area (Å²) in [5.41, 5.74) is 7.92. The molecule has 2 heterocycles. The highest BCUT2D eigenvalue weighted by atomic mass is 16.5. The van der Waals surface area contributed by atoms with Crippen molar-refractivity contribution in [3.8, 4) is 22.6 Å². The zero-order valence-electron chi connectivity index (χ0n) is 25.5. The molecule has 0 saturated carbocycles. The summed E-state index contributed by atoms with van der Waals surface area (Å²) in [5.74, 6) is 2.43. The number of aryl methyl sites for hydroxylation is 2. The Kier molecular flexibility index (Phi) is 7.61. The second-order valence-electron chi connectivity index (χ2n) is 11.4. The minimum Gasteiger partial charge on any atom is -0.506 e. The molecule has 0 fully saturated rings. The average molecular weight is 600 g/mol. The van der Waals surface area contributed by atoms with E-state index in [0.717, 1.165) is 44.5 Å². The zero-order valence-corrected chi connectivity index (χ0v) is 25.5. The van der Waals surface area contributed by atoms with E-state index in [1.165, 1.54) is 0 Å². The van der Waals surface area contributed by atoms with Crippen LogP contribution in [0.5, 0.6) is 0 Å². The summed E-state index contributed by atoms with van der Waals surface area (Å²) in [6, 6.07) is 39.5. The molecule has 0 radical (unpaired) electrons. The predicted molar refractivity (Wildman–Crippen MR) is 184 cm³/mol. The summed E-state index contributed by atoms with van der Waals surface area (Å²) in [6.07, 6.45) is 7.26. The van der Waals surface area contributed by atoms with Crippen molar-refractivity contribution in [3.05, 3.63) is 190 Å². The summed E-state index contributed by atoms with van der Waals surface area (Å²) in [5, 5.41) is 11.2. The van der Waals surface area contributed by atoms with Crippen molar-refractivity contribution in [2.24, 2.45) is 0 Å². The molecule has 4 nitrogen and oxygen atoms in total. The van der Waals surface area contributed by atoms with E-state index < -0.39 is 0 Å². The molecule has 7 rings (SSSR count). The Morgan fingerprint density at radius 3 is 1.85 bits per heavy atom. The van der Waals surface area contributed by atoms with Gasteiger partial charge in [0.05, 0.1) is 34.4 Å². The first-order valence-electron chi connectivity index (χ1n) is 15.2. The van der Waals surface area contributed by atoms with Gasteiger partial charge in [-0.05, 0) is 78.6 Å². The highest BCUT2D eigenvalue weighted by molar-refractivity contribution is 6.23. The largest absolute Gasteiger partial charge is 0.506 e. The number of rotatable bonds is 6. The second-order valence-corrected chi connectivity index (χ2v) is 11.4. The number of aliphatic hydroxyl groups excluding tert-OH is 1. The van der Waals surface area contributed by atoms with Crippen LogP contribution in [0.25, 0.3) is 40.2 Å². The average Bonchev–Trinajstić information content (AvgIpc) is 3.10. The van der Waals surface area contributed by atoms with E-state index in [2.05, 4.69) is 0 Å². The summed E-state index contributed by atoms with van der Waals surface area (Å²) in [4.78, 5) is 13.5. The first-order chi connectivity index (χ1) is 22.4. The normalized spacial score (nSPS) is 16.2. The smallest absolute Gasteiger partial charge is 0.361 e. The quantitative estimate of drug-likeness (QED) is 0.156. The summed E-state index contributed by atoms with van der Waals surface area (Å²) >= 11 is 0. The Balaban J connectivity index is 1.29. The van der Waals surface area contributed by atoms with Crippen LogP contribution in [0.2, 0.25) is 0 Å². The summed E-state index contributed by atoms with van der Waals surface area (Å²) in [7, 11) is 0. The molecule has 0 bridgehead atoms. The highest BCUT2D eigenvalue weighted by Gasteiger charge is 2.33. The SMILES string of the molecule is Cc1ccccc1C1=CC(=CC2=C(O)C(=Cc3cc(-c4ccccc4)[o+]c(-c4ccccc4C)c3)C2=O)C=C(c2ccccc2)O1. The van der Waals surface area contributed by atoms with Crippen molar-refractivity contribution in [2.45, 2.75) is 13.8 Å². The molecule has 0 saturated heterocycles. The van der Waals surface area contributed by atoms with E-state index >= 15 is 0 Å². The molecule has 5 aromatic rings. The van der Waals surface area contributed by atoms with Crippen molar-refractivity contribution in [2.75, 3.05) is 0 Å². The Morgan fingerprint density at radius 1 is 0.630 bits per heavy atom. The number of hydrogen-bond donors (Lipinski definition) is 1. The van der Waals surface area contributed by atoms with Gasteiger partial charge in [0.1, 0.15) is 17.3 Å². The molecular formula is C42H31O4+. The Bertz CT molecular complexity index is 2140. The molecule has 1 aliphatic heterocycles. The van der Waals surface area contributed by atoms with Crippen LogP contribution >= 0.6 is 0 Å². The molecule has 46 heavy (non-hydrogen) atoms. The van der Waals surface area contributed by atoms with Gasteiger partial charge < -0.3 is 9.84 Å². The van der Waals surface area contributed by atoms with Gasteiger partial charge in [-0.2, -0.15) is 0 Å². The van der Waals surface area contributed by atoms with Crippen LogP contribution in [0.3, 0.4) is 0 Å².